The Balaban J connectivity index is 1.59. The molecule has 5 nitrogen and oxygen atoms in total. The molecule has 0 atom stereocenters. The summed E-state index contributed by atoms with van der Waals surface area (Å²) in [5.41, 5.74) is 1.92. The monoisotopic (exact) mass is 346 g/mol. The molecule has 2 fully saturated rings. The number of ether oxygens (including phenoxy) is 2. The second-order valence-electron chi connectivity index (χ2n) is 6.45. The van der Waals surface area contributed by atoms with E-state index in [0.717, 1.165) is 29.0 Å². The fraction of sp³-hybridized carbons (Fsp3) is 0.500. The van der Waals surface area contributed by atoms with Crippen LogP contribution in [0.2, 0.25) is 0 Å². The fourth-order valence-corrected chi connectivity index (χ4v) is 4.62. The van der Waals surface area contributed by atoms with E-state index in [-0.39, 0.29) is 5.91 Å². The Kier molecular flexibility index (Phi) is 3.98. The van der Waals surface area contributed by atoms with Crippen molar-refractivity contribution < 1.29 is 14.3 Å². The second kappa shape index (κ2) is 6.02. The largest absolute Gasteiger partial charge is 0.347 e. The van der Waals surface area contributed by atoms with Gasteiger partial charge in [-0.05, 0) is 31.5 Å². The van der Waals surface area contributed by atoms with E-state index in [1.165, 1.54) is 4.88 Å². The van der Waals surface area contributed by atoms with E-state index in [0.29, 0.717) is 26.3 Å². The summed E-state index contributed by atoms with van der Waals surface area (Å²) in [5, 5.41) is 1.01. The summed E-state index contributed by atoms with van der Waals surface area (Å²) < 4.78 is 13.6. The molecule has 2 aliphatic rings. The number of nitrogens with zero attached hydrogens (tertiary/aromatic N) is 2. The molecule has 4 rings (SSSR count). The standard InChI is InChI=1S/C18H22N2O3S/c1-13-14(2)24-17(20-7-3-4-8-20)15(13)16(21)19-9-5-18(6-10-19)22-11-12-23-18/h3-4,7-8H,5-6,9-12H2,1-2H3. The van der Waals surface area contributed by atoms with Crippen LogP contribution in [0.4, 0.5) is 0 Å². The van der Waals surface area contributed by atoms with Gasteiger partial charge in [0.2, 0.25) is 0 Å². The third-order valence-corrected chi connectivity index (χ3v) is 6.27. The van der Waals surface area contributed by atoms with Crippen molar-refractivity contribution in [2.45, 2.75) is 32.5 Å². The van der Waals surface area contributed by atoms with Gasteiger partial charge in [-0.3, -0.25) is 4.79 Å². The van der Waals surface area contributed by atoms with Crippen molar-refractivity contribution in [1.82, 2.24) is 9.47 Å². The average molecular weight is 346 g/mol. The number of rotatable bonds is 2. The first kappa shape index (κ1) is 15.9. The van der Waals surface area contributed by atoms with Crippen LogP contribution in [0.3, 0.4) is 0 Å². The Labute approximate surface area is 145 Å². The van der Waals surface area contributed by atoms with E-state index < -0.39 is 5.79 Å². The van der Waals surface area contributed by atoms with Gasteiger partial charge in [-0.2, -0.15) is 0 Å². The van der Waals surface area contributed by atoms with Gasteiger partial charge in [0.15, 0.2) is 5.79 Å². The predicted octanol–water partition coefficient (Wildman–Crippen LogP) is 3.13. The van der Waals surface area contributed by atoms with Gasteiger partial charge in [0.05, 0.1) is 18.8 Å². The number of amides is 1. The van der Waals surface area contributed by atoms with Crippen LogP contribution >= 0.6 is 11.3 Å². The summed E-state index contributed by atoms with van der Waals surface area (Å²) in [4.78, 5) is 16.3. The number of carbonyl (C=O) groups is 1. The molecule has 6 heteroatoms. The SMILES string of the molecule is Cc1sc(-n2cccc2)c(C(=O)N2CCC3(CC2)OCCO3)c1C. The quantitative estimate of drug-likeness (QED) is 0.839. The summed E-state index contributed by atoms with van der Waals surface area (Å²) in [5.74, 6) is -0.326. The average Bonchev–Trinajstić information content (AvgIpc) is 3.31. The highest BCUT2D eigenvalue weighted by Gasteiger charge is 2.41. The maximum atomic E-state index is 13.2. The molecule has 0 aromatic carbocycles. The van der Waals surface area contributed by atoms with Gasteiger partial charge in [-0.1, -0.05) is 0 Å². The van der Waals surface area contributed by atoms with Crippen LogP contribution in [0, 0.1) is 13.8 Å². The number of piperidine rings is 1. The second-order valence-corrected chi connectivity index (χ2v) is 7.66. The number of carbonyl (C=O) groups excluding carboxylic acids is 1. The van der Waals surface area contributed by atoms with Crippen molar-refractivity contribution in [3.63, 3.8) is 0 Å². The molecule has 2 saturated heterocycles. The van der Waals surface area contributed by atoms with Crippen LogP contribution in [0.25, 0.3) is 5.00 Å². The molecule has 0 aliphatic carbocycles. The first-order chi connectivity index (χ1) is 11.6. The number of aromatic nitrogens is 1. The zero-order chi connectivity index (χ0) is 16.7. The molecule has 1 amide bonds. The minimum absolute atomic E-state index is 0.119. The van der Waals surface area contributed by atoms with E-state index >= 15 is 0 Å². The molecule has 2 aromatic rings. The van der Waals surface area contributed by atoms with Gasteiger partial charge in [-0.15, -0.1) is 11.3 Å². The van der Waals surface area contributed by atoms with Crippen molar-refractivity contribution in [3.05, 3.63) is 40.5 Å². The smallest absolute Gasteiger partial charge is 0.257 e. The van der Waals surface area contributed by atoms with E-state index in [1.807, 2.05) is 40.9 Å². The van der Waals surface area contributed by atoms with Gasteiger partial charge in [0, 0.05) is 43.2 Å². The summed E-state index contributed by atoms with van der Waals surface area (Å²) in [7, 11) is 0. The Hall–Kier alpha value is -1.63. The summed E-state index contributed by atoms with van der Waals surface area (Å²) in [6.45, 7) is 6.80. The van der Waals surface area contributed by atoms with E-state index in [1.54, 1.807) is 11.3 Å². The van der Waals surface area contributed by atoms with E-state index in [9.17, 15) is 4.79 Å². The highest BCUT2D eigenvalue weighted by molar-refractivity contribution is 7.15. The van der Waals surface area contributed by atoms with Gasteiger partial charge < -0.3 is 18.9 Å². The lowest BCUT2D eigenvalue weighted by molar-refractivity contribution is -0.181. The van der Waals surface area contributed by atoms with Gasteiger partial charge in [0.25, 0.3) is 5.91 Å². The van der Waals surface area contributed by atoms with Crippen molar-refractivity contribution in [2.75, 3.05) is 26.3 Å². The maximum absolute atomic E-state index is 13.2. The third kappa shape index (κ3) is 2.59. The van der Waals surface area contributed by atoms with Crippen molar-refractivity contribution in [3.8, 4) is 5.00 Å². The Morgan fingerprint density at radius 1 is 1.12 bits per heavy atom. The topological polar surface area (TPSA) is 43.7 Å². The van der Waals surface area contributed by atoms with E-state index in [4.69, 9.17) is 9.47 Å². The van der Waals surface area contributed by atoms with Crippen LogP contribution in [0.5, 0.6) is 0 Å². The first-order valence-corrected chi connectivity index (χ1v) is 9.22. The Morgan fingerprint density at radius 3 is 2.38 bits per heavy atom. The predicted molar refractivity (Wildman–Crippen MR) is 92.9 cm³/mol. The summed E-state index contributed by atoms with van der Waals surface area (Å²) in [6.07, 6.45) is 5.49. The van der Waals surface area contributed by atoms with Crippen molar-refractivity contribution >= 4 is 17.2 Å². The fourth-order valence-electron chi connectivity index (χ4n) is 3.51. The molecular formula is C18H22N2O3S. The lowest BCUT2D eigenvalue weighted by Gasteiger charge is -2.37. The molecule has 2 aliphatic heterocycles. The van der Waals surface area contributed by atoms with Gasteiger partial charge in [0.1, 0.15) is 5.00 Å². The Bertz CT molecular complexity index is 735. The van der Waals surface area contributed by atoms with Crippen LogP contribution in [-0.2, 0) is 9.47 Å². The van der Waals surface area contributed by atoms with E-state index in [2.05, 4.69) is 6.92 Å². The van der Waals surface area contributed by atoms with Crippen LogP contribution < -0.4 is 0 Å². The Morgan fingerprint density at radius 2 is 1.75 bits per heavy atom. The van der Waals surface area contributed by atoms with Crippen molar-refractivity contribution in [1.29, 1.82) is 0 Å². The molecule has 0 unspecified atom stereocenters. The lowest BCUT2D eigenvalue weighted by atomic mass is 10.0. The molecule has 2 aromatic heterocycles. The summed E-state index contributed by atoms with van der Waals surface area (Å²) in [6, 6.07) is 3.97. The minimum atomic E-state index is -0.445. The third-order valence-electron chi connectivity index (χ3n) is 5.05. The molecule has 4 heterocycles. The number of likely N-dealkylation sites (tertiary alicyclic amines) is 1. The number of thiophene rings is 1. The zero-order valence-electron chi connectivity index (χ0n) is 14.1. The molecule has 1 spiro atoms. The molecule has 0 saturated carbocycles. The molecule has 0 N–H and O–H groups in total. The molecule has 0 bridgehead atoms. The number of hydrogen-bond donors (Lipinski definition) is 0. The highest BCUT2D eigenvalue weighted by atomic mass is 32.1. The minimum Gasteiger partial charge on any atom is -0.347 e. The number of hydrogen-bond acceptors (Lipinski definition) is 4. The van der Waals surface area contributed by atoms with Crippen LogP contribution in [0.1, 0.15) is 33.6 Å². The molecule has 24 heavy (non-hydrogen) atoms. The molecule has 0 radical (unpaired) electrons. The molecular weight excluding hydrogens is 324 g/mol. The van der Waals surface area contributed by atoms with Crippen LogP contribution in [-0.4, -0.2) is 47.5 Å². The first-order valence-electron chi connectivity index (χ1n) is 8.40. The number of aryl methyl sites for hydroxylation is 1. The van der Waals surface area contributed by atoms with Crippen molar-refractivity contribution in [2.24, 2.45) is 0 Å². The summed E-state index contributed by atoms with van der Waals surface area (Å²) >= 11 is 1.68. The zero-order valence-corrected chi connectivity index (χ0v) is 14.9. The highest BCUT2D eigenvalue weighted by Crippen LogP contribution is 2.35. The normalized spacial score (nSPS) is 20.0. The van der Waals surface area contributed by atoms with Crippen LogP contribution in [0.15, 0.2) is 24.5 Å². The maximum Gasteiger partial charge on any atom is 0.257 e. The van der Waals surface area contributed by atoms with Gasteiger partial charge in [-0.25, -0.2) is 0 Å². The molecule has 128 valence electrons. The van der Waals surface area contributed by atoms with Gasteiger partial charge >= 0.3 is 0 Å². The lowest BCUT2D eigenvalue weighted by Crippen LogP contribution is -2.47.